The molecular formula is C30H29N5O3S. The van der Waals surface area contributed by atoms with Crippen LogP contribution in [0.5, 0.6) is 0 Å². The van der Waals surface area contributed by atoms with Crippen molar-refractivity contribution in [3.8, 4) is 11.1 Å². The number of H-pyrrole nitrogens is 1. The first-order valence-electron chi connectivity index (χ1n) is 12.5. The Balaban J connectivity index is 1.49. The number of fused-ring (bicyclic) bond motifs is 1. The quantitative estimate of drug-likeness (QED) is 0.247. The molecule has 2 aromatic carbocycles. The third-order valence-electron chi connectivity index (χ3n) is 6.40. The first-order chi connectivity index (χ1) is 18.6. The second-order valence-electron chi connectivity index (χ2n) is 10.3. The summed E-state index contributed by atoms with van der Waals surface area (Å²) in [5, 5.41) is 3.55. The van der Waals surface area contributed by atoms with E-state index >= 15 is 0 Å². The minimum absolute atomic E-state index is 0.0885. The van der Waals surface area contributed by atoms with E-state index in [1.54, 1.807) is 30.6 Å². The molecule has 0 aliphatic carbocycles. The van der Waals surface area contributed by atoms with Crippen LogP contribution in [0.15, 0.2) is 96.3 Å². The summed E-state index contributed by atoms with van der Waals surface area (Å²) in [5.41, 5.74) is 4.36. The topological polar surface area (TPSA) is 117 Å². The Morgan fingerprint density at radius 3 is 2.36 bits per heavy atom. The Bertz CT molecular complexity index is 1730. The van der Waals surface area contributed by atoms with E-state index < -0.39 is 10.0 Å². The number of carbonyl (C=O) groups is 1. The van der Waals surface area contributed by atoms with Crippen molar-refractivity contribution in [2.45, 2.75) is 37.6 Å². The summed E-state index contributed by atoms with van der Waals surface area (Å²) >= 11 is 0. The van der Waals surface area contributed by atoms with Crippen molar-refractivity contribution in [1.29, 1.82) is 0 Å². The van der Waals surface area contributed by atoms with Crippen LogP contribution in [0.2, 0.25) is 0 Å². The molecule has 0 spiro atoms. The Morgan fingerprint density at radius 2 is 1.69 bits per heavy atom. The Morgan fingerprint density at radius 1 is 0.949 bits per heavy atom. The van der Waals surface area contributed by atoms with E-state index in [0.717, 1.165) is 16.7 Å². The number of nitrogens with one attached hydrogen (secondary N) is 3. The zero-order chi connectivity index (χ0) is 27.6. The van der Waals surface area contributed by atoms with Gasteiger partial charge in [-0.1, -0.05) is 69.3 Å². The summed E-state index contributed by atoms with van der Waals surface area (Å²) in [7, 11) is -3.86. The molecule has 0 aliphatic heterocycles. The van der Waals surface area contributed by atoms with Crippen LogP contribution in [0.1, 0.15) is 42.4 Å². The highest BCUT2D eigenvalue weighted by Crippen LogP contribution is 2.34. The van der Waals surface area contributed by atoms with Gasteiger partial charge in [0.05, 0.1) is 16.8 Å². The fourth-order valence-electron chi connectivity index (χ4n) is 4.32. The van der Waals surface area contributed by atoms with Crippen molar-refractivity contribution in [3.05, 3.63) is 108 Å². The van der Waals surface area contributed by atoms with Crippen LogP contribution in [0, 0.1) is 0 Å². The average Bonchev–Trinajstić information content (AvgIpc) is 3.31. The molecule has 3 N–H and O–H groups in total. The van der Waals surface area contributed by atoms with Gasteiger partial charge < -0.3 is 10.3 Å². The normalized spacial score (nSPS) is 11.9. The van der Waals surface area contributed by atoms with Crippen molar-refractivity contribution in [2.75, 3.05) is 4.72 Å². The molecule has 3 heterocycles. The largest absolute Gasteiger partial charge is 0.347 e. The lowest BCUT2D eigenvalue weighted by molar-refractivity contribution is 0.0947. The van der Waals surface area contributed by atoms with Crippen LogP contribution < -0.4 is 10.0 Å². The molecule has 0 unspecified atom stereocenters. The predicted octanol–water partition coefficient (Wildman–Crippen LogP) is 5.65. The SMILES string of the molecule is CC(C)(C)c1ccc(S(=O)(=O)Nc2cnc3[nH]c(C(=O)NCc4cccnc4)c(-c4ccccc4)c3c2)cc1. The van der Waals surface area contributed by atoms with E-state index in [0.29, 0.717) is 34.5 Å². The van der Waals surface area contributed by atoms with Gasteiger partial charge in [-0.3, -0.25) is 14.5 Å². The highest BCUT2D eigenvalue weighted by Gasteiger charge is 2.22. The number of carbonyl (C=O) groups excluding carboxylic acids is 1. The summed E-state index contributed by atoms with van der Waals surface area (Å²) < 4.78 is 29.0. The highest BCUT2D eigenvalue weighted by atomic mass is 32.2. The molecule has 3 aromatic heterocycles. The van der Waals surface area contributed by atoms with Crippen molar-refractivity contribution in [3.63, 3.8) is 0 Å². The third-order valence-corrected chi connectivity index (χ3v) is 7.80. The number of amides is 1. The van der Waals surface area contributed by atoms with Crippen LogP contribution in [0.3, 0.4) is 0 Å². The zero-order valence-corrected chi connectivity index (χ0v) is 22.7. The van der Waals surface area contributed by atoms with Gasteiger partial charge in [0.1, 0.15) is 11.3 Å². The molecule has 0 aliphatic rings. The molecule has 0 bridgehead atoms. The van der Waals surface area contributed by atoms with Gasteiger partial charge in [0.15, 0.2) is 0 Å². The maximum atomic E-state index is 13.3. The van der Waals surface area contributed by atoms with Gasteiger partial charge in [0.2, 0.25) is 0 Å². The number of aromatic nitrogens is 3. The fourth-order valence-corrected chi connectivity index (χ4v) is 5.36. The fraction of sp³-hybridized carbons (Fsp3) is 0.167. The van der Waals surface area contributed by atoms with Gasteiger partial charge in [-0.25, -0.2) is 13.4 Å². The smallest absolute Gasteiger partial charge is 0.268 e. The van der Waals surface area contributed by atoms with Crippen LogP contribution in [0.25, 0.3) is 22.2 Å². The number of sulfonamides is 1. The monoisotopic (exact) mass is 539 g/mol. The van der Waals surface area contributed by atoms with Crippen LogP contribution >= 0.6 is 0 Å². The minimum Gasteiger partial charge on any atom is -0.347 e. The minimum atomic E-state index is -3.86. The molecule has 1 amide bonds. The number of pyridine rings is 2. The Labute approximate surface area is 227 Å². The van der Waals surface area contributed by atoms with Crippen molar-refractivity contribution >= 4 is 32.7 Å². The molecule has 0 atom stereocenters. The van der Waals surface area contributed by atoms with Gasteiger partial charge >= 0.3 is 0 Å². The average molecular weight is 540 g/mol. The number of benzene rings is 2. The van der Waals surface area contributed by atoms with E-state index in [9.17, 15) is 13.2 Å². The van der Waals surface area contributed by atoms with E-state index in [-0.39, 0.29) is 16.2 Å². The van der Waals surface area contributed by atoms with Gasteiger partial charge in [-0.05, 0) is 46.4 Å². The first kappa shape index (κ1) is 26.1. The van der Waals surface area contributed by atoms with Crippen molar-refractivity contribution in [1.82, 2.24) is 20.3 Å². The number of aromatic amines is 1. The molecule has 39 heavy (non-hydrogen) atoms. The van der Waals surface area contributed by atoms with Gasteiger partial charge in [-0.2, -0.15) is 0 Å². The molecule has 8 nitrogen and oxygen atoms in total. The van der Waals surface area contributed by atoms with Crippen LogP contribution in [-0.4, -0.2) is 29.3 Å². The van der Waals surface area contributed by atoms with Crippen molar-refractivity contribution in [2.24, 2.45) is 0 Å². The molecule has 0 fully saturated rings. The standard InChI is InChI=1S/C30H29N5O3S/c1-30(2,3)22-11-13-24(14-12-22)39(37,38)35-23-16-25-26(21-9-5-4-6-10-21)27(34-28(25)32-19-23)29(36)33-18-20-8-7-15-31-17-20/h4-17,19,35H,18H2,1-3H3,(H,32,34)(H,33,36). The maximum absolute atomic E-state index is 13.3. The second kappa shape index (κ2) is 10.3. The summed E-state index contributed by atoms with van der Waals surface area (Å²) in [4.78, 5) is 25.1. The van der Waals surface area contributed by atoms with Crippen LogP contribution in [0.4, 0.5) is 5.69 Å². The zero-order valence-electron chi connectivity index (χ0n) is 21.9. The Hall–Kier alpha value is -4.50. The van der Waals surface area contributed by atoms with Gasteiger partial charge in [0, 0.05) is 29.9 Å². The third kappa shape index (κ3) is 5.68. The first-order valence-corrected chi connectivity index (χ1v) is 14.0. The number of nitrogens with zero attached hydrogens (tertiary/aromatic N) is 2. The molecule has 5 rings (SSSR count). The Kier molecular flexibility index (Phi) is 6.93. The summed E-state index contributed by atoms with van der Waals surface area (Å²) in [6, 6.07) is 21.7. The number of rotatable bonds is 7. The van der Waals surface area contributed by atoms with Gasteiger partial charge in [0.25, 0.3) is 15.9 Å². The van der Waals surface area contributed by atoms with E-state index in [2.05, 4.69) is 45.8 Å². The number of hydrogen-bond donors (Lipinski definition) is 3. The maximum Gasteiger partial charge on any atom is 0.268 e. The van der Waals surface area contributed by atoms with Crippen molar-refractivity contribution < 1.29 is 13.2 Å². The van der Waals surface area contributed by atoms with Gasteiger partial charge in [-0.15, -0.1) is 0 Å². The lowest BCUT2D eigenvalue weighted by Crippen LogP contribution is -2.23. The molecule has 0 saturated carbocycles. The molecule has 198 valence electrons. The van der Waals surface area contributed by atoms with E-state index in [1.165, 1.54) is 6.20 Å². The van der Waals surface area contributed by atoms with Crippen LogP contribution in [-0.2, 0) is 22.0 Å². The highest BCUT2D eigenvalue weighted by molar-refractivity contribution is 7.92. The number of anilines is 1. The predicted molar refractivity (Wildman–Crippen MR) is 153 cm³/mol. The molecule has 9 heteroatoms. The lowest BCUT2D eigenvalue weighted by Gasteiger charge is -2.19. The molecular weight excluding hydrogens is 510 g/mol. The molecule has 0 radical (unpaired) electrons. The number of hydrogen-bond acceptors (Lipinski definition) is 5. The molecule has 5 aromatic rings. The summed E-state index contributed by atoms with van der Waals surface area (Å²) in [5.74, 6) is -0.309. The summed E-state index contributed by atoms with van der Waals surface area (Å²) in [6.07, 6.45) is 4.81. The molecule has 0 saturated heterocycles. The lowest BCUT2D eigenvalue weighted by atomic mass is 9.87. The second-order valence-corrected chi connectivity index (χ2v) is 12.0. The van der Waals surface area contributed by atoms with E-state index in [4.69, 9.17) is 0 Å². The van der Waals surface area contributed by atoms with E-state index in [1.807, 2.05) is 54.6 Å². The summed E-state index contributed by atoms with van der Waals surface area (Å²) in [6.45, 7) is 6.53.